The molecule has 0 radical (unpaired) electrons. The van der Waals surface area contributed by atoms with E-state index < -0.39 is 0 Å². The smallest absolute Gasteiger partial charge is 0.110 e. The maximum absolute atomic E-state index is 4.53. The van der Waals surface area contributed by atoms with Gasteiger partial charge in [0, 0.05) is 31.4 Å². The Morgan fingerprint density at radius 1 is 1.40 bits per heavy atom. The summed E-state index contributed by atoms with van der Waals surface area (Å²) < 4.78 is 3.45. The number of hydrogen-bond donors (Lipinski definition) is 1. The molecular weight excluding hydrogens is 334 g/mol. The number of rotatable bonds is 8. The van der Waals surface area contributed by atoms with E-state index in [1.165, 1.54) is 15.2 Å². The largest absolute Gasteiger partial charge is 0.335 e. The third-order valence-corrected chi connectivity index (χ3v) is 4.81. The maximum atomic E-state index is 4.53. The number of halogens is 1. The third-order valence-electron chi connectivity index (χ3n) is 3.28. The Morgan fingerprint density at radius 3 is 2.90 bits per heavy atom. The van der Waals surface area contributed by atoms with Crippen LogP contribution in [-0.2, 0) is 13.0 Å². The van der Waals surface area contributed by atoms with Crippen LogP contribution in [0.15, 0.2) is 27.6 Å². The predicted molar refractivity (Wildman–Crippen MR) is 89.3 cm³/mol. The lowest BCUT2D eigenvalue weighted by molar-refractivity contribution is 0.503. The molecule has 0 aliphatic rings. The maximum Gasteiger partial charge on any atom is 0.110 e. The van der Waals surface area contributed by atoms with Crippen molar-refractivity contribution in [3.8, 4) is 0 Å². The van der Waals surface area contributed by atoms with E-state index in [-0.39, 0.29) is 0 Å². The minimum Gasteiger partial charge on any atom is -0.335 e. The van der Waals surface area contributed by atoms with Gasteiger partial charge in [0.2, 0.25) is 0 Å². The summed E-state index contributed by atoms with van der Waals surface area (Å²) in [5.74, 6) is 1.17. The van der Waals surface area contributed by atoms with Crippen molar-refractivity contribution in [2.45, 2.75) is 45.7 Å². The first kappa shape index (κ1) is 15.7. The van der Waals surface area contributed by atoms with E-state index in [0.717, 1.165) is 32.4 Å². The summed E-state index contributed by atoms with van der Waals surface area (Å²) in [5.41, 5.74) is 1.35. The van der Waals surface area contributed by atoms with Gasteiger partial charge in [0.1, 0.15) is 5.82 Å². The summed E-state index contributed by atoms with van der Waals surface area (Å²) in [7, 11) is 0. The van der Waals surface area contributed by atoms with E-state index in [2.05, 4.69) is 62.3 Å². The van der Waals surface area contributed by atoms with Gasteiger partial charge in [0.05, 0.1) is 3.79 Å². The number of aromatic nitrogens is 2. The van der Waals surface area contributed by atoms with E-state index in [4.69, 9.17) is 0 Å². The molecule has 2 aromatic rings. The molecule has 1 unspecified atom stereocenters. The molecule has 1 N–H and O–H groups in total. The molecule has 3 nitrogen and oxygen atoms in total. The molecule has 0 spiro atoms. The zero-order valence-electron chi connectivity index (χ0n) is 12.1. The molecule has 0 aliphatic carbocycles. The van der Waals surface area contributed by atoms with Crippen molar-refractivity contribution in [1.82, 2.24) is 14.9 Å². The van der Waals surface area contributed by atoms with Crippen LogP contribution in [0.4, 0.5) is 0 Å². The molecular formula is C15H22BrN3S. The molecule has 2 aromatic heterocycles. The Labute approximate surface area is 133 Å². The molecule has 2 heterocycles. The average Bonchev–Trinajstić information content (AvgIpc) is 3.04. The quantitative estimate of drug-likeness (QED) is 0.760. The van der Waals surface area contributed by atoms with Crippen molar-refractivity contribution in [1.29, 1.82) is 0 Å². The molecule has 0 saturated carbocycles. The number of thiophene rings is 1. The first-order valence-corrected chi connectivity index (χ1v) is 8.89. The molecule has 0 bridgehead atoms. The first-order valence-electron chi connectivity index (χ1n) is 7.21. The standard InChI is InChI=1S/C15H22BrN3S/c1-3-5-17-13(12-9-14(16)20-11-12)10-15-18-6-8-19(15)7-4-2/h6,8-9,11,13,17H,3-5,7,10H2,1-2H3. The van der Waals surface area contributed by atoms with Crippen molar-refractivity contribution in [3.05, 3.63) is 39.0 Å². The summed E-state index contributed by atoms with van der Waals surface area (Å²) in [5, 5.41) is 5.87. The summed E-state index contributed by atoms with van der Waals surface area (Å²) >= 11 is 5.30. The van der Waals surface area contributed by atoms with Crippen LogP contribution in [0.25, 0.3) is 0 Å². The third kappa shape index (κ3) is 4.17. The van der Waals surface area contributed by atoms with Crippen molar-refractivity contribution in [2.24, 2.45) is 0 Å². The topological polar surface area (TPSA) is 29.9 Å². The zero-order valence-corrected chi connectivity index (χ0v) is 14.5. The number of imidazole rings is 1. The minimum absolute atomic E-state index is 0.343. The van der Waals surface area contributed by atoms with Crippen molar-refractivity contribution in [3.63, 3.8) is 0 Å². The summed E-state index contributed by atoms with van der Waals surface area (Å²) in [6.45, 7) is 6.48. The molecule has 2 rings (SSSR count). The fourth-order valence-corrected chi connectivity index (χ4v) is 3.52. The predicted octanol–water partition coefficient (Wildman–Crippen LogP) is 4.40. The fourth-order valence-electron chi connectivity index (χ4n) is 2.29. The second kappa shape index (κ2) is 7.96. The Bertz CT molecular complexity index is 521. The number of nitrogens with one attached hydrogen (secondary N) is 1. The highest BCUT2D eigenvalue weighted by molar-refractivity contribution is 9.11. The summed E-state index contributed by atoms with van der Waals surface area (Å²) in [4.78, 5) is 4.53. The van der Waals surface area contributed by atoms with Crippen molar-refractivity contribution >= 4 is 27.3 Å². The minimum atomic E-state index is 0.343. The highest BCUT2D eigenvalue weighted by Gasteiger charge is 2.16. The van der Waals surface area contributed by atoms with E-state index in [0.29, 0.717) is 6.04 Å². The van der Waals surface area contributed by atoms with E-state index in [1.54, 1.807) is 11.3 Å². The van der Waals surface area contributed by atoms with Gasteiger partial charge in [-0.05, 0) is 52.3 Å². The molecule has 0 amide bonds. The Hall–Kier alpha value is -0.650. The first-order chi connectivity index (χ1) is 9.74. The van der Waals surface area contributed by atoms with E-state index in [9.17, 15) is 0 Å². The van der Waals surface area contributed by atoms with Crippen molar-refractivity contribution < 1.29 is 0 Å². The lowest BCUT2D eigenvalue weighted by atomic mass is 10.1. The monoisotopic (exact) mass is 355 g/mol. The van der Waals surface area contributed by atoms with Crippen LogP contribution >= 0.6 is 27.3 Å². The van der Waals surface area contributed by atoms with Crippen LogP contribution in [0.2, 0.25) is 0 Å². The van der Waals surface area contributed by atoms with Gasteiger partial charge in [-0.3, -0.25) is 0 Å². The van der Waals surface area contributed by atoms with E-state index in [1.807, 2.05) is 6.20 Å². The molecule has 5 heteroatoms. The molecule has 0 aliphatic heterocycles. The van der Waals surface area contributed by atoms with Crippen molar-refractivity contribution in [2.75, 3.05) is 6.54 Å². The lowest BCUT2D eigenvalue weighted by Gasteiger charge is -2.18. The molecule has 0 saturated heterocycles. The Kier molecular flexibility index (Phi) is 6.26. The fraction of sp³-hybridized carbons (Fsp3) is 0.533. The van der Waals surface area contributed by atoms with Gasteiger partial charge in [-0.2, -0.15) is 0 Å². The van der Waals surface area contributed by atoms with Gasteiger partial charge >= 0.3 is 0 Å². The van der Waals surface area contributed by atoms with Gasteiger partial charge in [0.15, 0.2) is 0 Å². The SMILES string of the molecule is CCCNC(Cc1nccn1CCC)c1csc(Br)c1. The molecule has 1 atom stereocenters. The normalized spacial score (nSPS) is 12.8. The summed E-state index contributed by atoms with van der Waals surface area (Å²) in [6.07, 6.45) is 7.21. The second-order valence-electron chi connectivity index (χ2n) is 4.93. The molecule has 20 heavy (non-hydrogen) atoms. The number of nitrogens with zero attached hydrogens (tertiary/aromatic N) is 2. The Balaban J connectivity index is 2.12. The van der Waals surface area contributed by atoms with Crippen LogP contribution in [-0.4, -0.2) is 16.1 Å². The van der Waals surface area contributed by atoms with Crippen LogP contribution < -0.4 is 5.32 Å². The molecule has 110 valence electrons. The van der Waals surface area contributed by atoms with Crippen LogP contribution in [0.3, 0.4) is 0 Å². The van der Waals surface area contributed by atoms with Gasteiger partial charge in [-0.25, -0.2) is 4.98 Å². The number of hydrogen-bond acceptors (Lipinski definition) is 3. The second-order valence-corrected chi connectivity index (χ2v) is 7.22. The zero-order chi connectivity index (χ0) is 14.4. The van der Waals surface area contributed by atoms with Crippen LogP contribution in [0, 0.1) is 0 Å². The molecule has 0 aromatic carbocycles. The average molecular weight is 356 g/mol. The van der Waals surface area contributed by atoms with Crippen LogP contribution in [0.5, 0.6) is 0 Å². The molecule has 0 fully saturated rings. The number of aryl methyl sites for hydroxylation is 1. The van der Waals surface area contributed by atoms with Crippen LogP contribution in [0.1, 0.15) is 44.1 Å². The van der Waals surface area contributed by atoms with Gasteiger partial charge in [0.25, 0.3) is 0 Å². The summed E-state index contributed by atoms with van der Waals surface area (Å²) in [6, 6.07) is 2.56. The van der Waals surface area contributed by atoms with Gasteiger partial charge in [-0.1, -0.05) is 13.8 Å². The van der Waals surface area contributed by atoms with E-state index >= 15 is 0 Å². The highest BCUT2D eigenvalue weighted by atomic mass is 79.9. The highest BCUT2D eigenvalue weighted by Crippen LogP contribution is 2.27. The lowest BCUT2D eigenvalue weighted by Crippen LogP contribution is -2.25. The van der Waals surface area contributed by atoms with Gasteiger partial charge < -0.3 is 9.88 Å². The van der Waals surface area contributed by atoms with Gasteiger partial charge in [-0.15, -0.1) is 11.3 Å². The Morgan fingerprint density at radius 2 is 2.25 bits per heavy atom.